The highest BCUT2D eigenvalue weighted by atomic mass is 32.1. The summed E-state index contributed by atoms with van der Waals surface area (Å²) in [6.07, 6.45) is 3.26. The SMILES string of the molecule is CCCCCC(=O)NNC(=S)NC(=O)c1ccccc1OCCOCC. The van der Waals surface area contributed by atoms with Crippen molar-refractivity contribution < 1.29 is 19.1 Å². The highest BCUT2D eigenvalue weighted by Crippen LogP contribution is 2.17. The molecule has 0 saturated heterocycles. The van der Waals surface area contributed by atoms with Crippen molar-refractivity contribution in [2.24, 2.45) is 0 Å². The van der Waals surface area contributed by atoms with Crippen LogP contribution in [0.5, 0.6) is 5.75 Å². The number of hydrazine groups is 1. The summed E-state index contributed by atoms with van der Waals surface area (Å²) in [6.45, 7) is 5.36. The van der Waals surface area contributed by atoms with Gasteiger partial charge in [-0.25, -0.2) is 0 Å². The number of hydrogen-bond acceptors (Lipinski definition) is 5. The summed E-state index contributed by atoms with van der Waals surface area (Å²) in [5, 5.41) is 2.53. The smallest absolute Gasteiger partial charge is 0.261 e. The van der Waals surface area contributed by atoms with E-state index in [0.717, 1.165) is 19.3 Å². The molecule has 0 aliphatic carbocycles. The number of carbonyl (C=O) groups excluding carboxylic acids is 2. The summed E-state index contributed by atoms with van der Waals surface area (Å²) in [6, 6.07) is 6.85. The number of unbranched alkanes of at least 4 members (excludes halogenated alkanes) is 2. The predicted molar refractivity (Wildman–Crippen MR) is 104 cm³/mol. The first kappa shape index (κ1) is 21.9. The van der Waals surface area contributed by atoms with E-state index >= 15 is 0 Å². The van der Waals surface area contributed by atoms with E-state index in [4.69, 9.17) is 21.7 Å². The molecule has 0 atom stereocenters. The first-order valence-electron chi connectivity index (χ1n) is 8.78. The minimum absolute atomic E-state index is 0.0166. The number of nitrogens with one attached hydrogen (secondary N) is 3. The van der Waals surface area contributed by atoms with Crippen LogP contribution in [-0.2, 0) is 9.53 Å². The predicted octanol–water partition coefficient (Wildman–Crippen LogP) is 2.32. The summed E-state index contributed by atoms with van der Waals surface area (Å²) in [5.74, 6) is -0.152. The number of rotatable bonds is 10. The number of hydrogen-bond donors (Lipinski definition) is 3. The lowest BCUT2D eigenvalue weighted by Crippen LogP contribution is -2.48. The maximum absolute atomic E-state index is 12.4. The third-order valence-corrected chi connectivity index (χ3v) is 3.58. The topological polar surface area (TPSA) is 88.7 Å². The maximum atomic E-state index is 12.4. The van der Waals surface area contributed by atoms with E-state index in [2.05, 4.69) is 23.1 Å². The third kappa shape index (κ3) is 8.77. The Labute approximate surface area is 159 Å². The van der Waals surface area contributed by atoms with Crippen LogP contribution in [0.15, 0.2) is 24.3 Å². The van der Waals surface area contributed by atoms with E-state index in [-0.39, 0.29) is 11.0 Å². The van der Waals surface area contributed by atoms with Crippen molar-refractivity contribution in [3.63, 3.8) is 0 Å². The van der Waals surface area contributed by atoms with Gasteiger partial charge in [0, 0.05) is 13.0 Å². The van der Waals surface area contributed by atoms with Gasteiger partial charge in [0.25, 0.3) is 5.91 Å². The molecule has 0 saturated carbocycles. The summed E-state index contributed by atoms with van der Waals surface area (Å²) < 4.78 is 10.8. The van der Waals surface area contributed by atoms with Crippen LogP contribution in [-0.4, -0.2) is 36.7 Å². The van der Waals surface area contributed by atoms with E-state index < -0.39 is 5.91 Å². The molecule has 0 unspecified atom stereocenters. The summed E-state index contributed by atoms with van der Waals surface area (Å²) >= 11 is 5.03. The van der Waals surface area contributed by atoms with Gasteiger partial charge < -0.3 is 9.47 Å². The molecule has 3 N–H and O–H groups in total. The quantitative estimate of drug-likeness (QED) is 0.327. The van der Waals surface area contributed by atoms with Crippen LogP contribution in [0.4, 0.5) is 0 Å². The molecule has 0 radical (unpaired) electrons. The third-order valence-electron chi connectivity index (χ3n) is 3.37. The van der Waals surface area contributed by atoms with Gasteiger partial charge in [0.2, 0.25) is 5.91 Å². The molecule has 0 aliphatic rings. The van der Waals surface area contributed by atoms with Gasteiger partial charge in [-0.15, -0.1) is 0 Å². The standard InChI is InChI=1S/C18H27N3O4S/c1-3-5-6-11-16(22)20-21-18(26)19-17(23)14-9-7-8-10-15(14)25-13-12-24-4-2/h7-10H,3-6,11-13H2,1-2H3,(H,20,22)(H2,19,21,23,26). The first-order chi connectivity index (χ1) is 12.6. The van der Waals surface area contributed by atoms with Crippen LogP contribution >= 0.6 is 12.2 Å². The van der Waals surface area contributed by atoms with Gasteiger partial charge in [0.05, 0.1) is 12.2 Å². The zero-order chi connectivity index (χ0) is 19.2. The zero-order valence-corrected chi connectivity index (χ0v) is 16.1. The Morgan fingerprint density at radius 1 is 1.08 bits per heavy atom. The van der Waals surface area contributed by atoms with Crippen molar-refractivity contribution in [1.82, 2.24) is 16.2 Å². The number of ether oxygens (including phenoxy) is 2. The van der Waals surface area contributed by atoms with Gasteiger partial charge in [0.1, 0.15) is 12.4 Å². The molecule has 1 aromatic rings. The molecule has 0 heterocycles. The minimum Gasteiger partial charge on any atom is -0.490 e. The van der Waals surface area contributed by atoms with E-state index in [1.807, 2.05) is 6.92 Å². The Morgan fingerprint density at radius 3 is 2.58 bits per heavy atom. The fourth-order valence-corrected chi connectivity index (χ4v) is 2.20. The molecule has 0 spiro atoms. The van der Waals surface area contributed by atoms with Crippen molar-refractivity contribution in [2.75, 3.05) is 19.8 Å². The molecule has 0 fully saturated rings. The molecule has 1 rings (SSSR count). The molecule has 26 heavy (non-hydrogen) atoms. The van der Waals surface area contributed by atoms with Gasteiger partial charge >= 0.3 is 0 Å². The van der Waals surface area contributed by atoms with E-state index in [1.165, 1.54) is 0 Å². The lowest BCUT2D eigenvalue weighted by atomic mass is 10.2. The molecule has 1 aromatic carbocycles. The Kier molecular flexibility index (Phi) is 11.0. The van der Waals surface area contributed by atoms with Gasteiger partial charge in [-0.2, -0.15) is 0 Å². The molecule has 144 valence electrons. The second-order valence-electron chi connectivity index (χ2n) is 5.46. The van der Waals surface area contributed by atoms with Crippen molar-refractivity contribution in [2.45, 2.75) is 39.5 Å². The van der Waals surface area contributed by atoms with Crippen LogP contribution in [0, 0.1) is 0 Å². The number of carbonyl (C=O) groups is 2. The monoisotopic (exact) mass is 381 g/mol. The number of amides is 2. The van der Waals surface area contributed by atoms with E-state index in [9.17, 15) is 9.59 Å². The first-order valence-corrected chi connectivity index (χ1v) is 9.19. The van der Waals surface area contributed by atoms with Crippen molar-refractivity contribution in [1.29, 1.82) is 0 Å². The maximum Gasteiger partial charge on any atom is 0.261 e. The molecule has 2 amide bonds. The van der Waals surface area contributed by atoms with Crippen LogP contribution in [0.25, 0.3) is 0 Å². The van der Waals surface area contributed by atoms with Gasteiger partial charge in [-0.05, 0) is 37.7 Å². The van der Waals surface area contributed by atoms with Crippen molar-refractivity contribution >= 4 is 29.1 Å². The fraction of sp³-hybridized carbons (Fsp3) is 0.500. The molecular weight excluding hydrogens is 354 g/mol. The second kappa shape index (κ2) is 13.1. The summed E-state index contributed by atoms with van der Waals surface area (Å²) in [7, 11) is 0. The van der Waals surface area contributed by atoms with Crippen LogP contribution in [0.2, 0.25) is 0 Å². The Hall–Kier alpha value is -2.19. The molecule has 7 nitrogen and oxygen atoms in total. The molecule has 0 aliphatic heterocycles. The van der Waals surface area contributed by atoms with Crippen LogP contribution < -0.4 is 20.9 Å². The molecular formula is C18H27N3O4S. The Balaban J connectivity index is 2.46. The van der Waals surface area contributed by atoms with E-state index in [0.29, 0.717) is 37.6 Å². The number of thiocarbonyl (C=S) groups is 1. The highest BCUT2D eigenvalue weighted by Gasteiger charge is 2.13. The van der Waals surface area contributed by atoms with Crippen molar-refractivity contribution in [3.8, 4) is 5.75 Å². The van der Waals surface area contributed by atoms with Gasteiger partial charge in [-0.3, -0.25) is 25.8 Å². The summed E-state index contributed by atoms with van der Waals surface area (Å²) in [5.41, 5.74) is 5.35. The average molecular weight is 381 g/mol. The number of benzene rings is 1. The van der Waals surface area contributed by atoms with E-state index in [1.54, 1.807) is 24.3 Å². The molecule has 0 bridgehead atoms. The number of para-hydroxylation sites is 1. The normalized spacial score (nSPS) is 10.1. The largest absolute Gasteiger partial charge is 0.490 e. The fourth-order valence-electron chi connectivity index (χ4n) is 2.06. The highest BCUT2D eigenvalue weighted by molar-refractivity contribution is 7.80. The van der Waals surface area contributed by atoms with Crippen LogP contribution in [0.3, 0.4) is 0 Å². The minimum atomic E-state index is -0.422. The molecule has 0 aromatic heterocycles. The van der Waals surface area contributed by atoms with Gasteiger partial charge in [0.15, 0.2) is 5.11 Å². The second-order valence-corrected chi connectivity index (χ2v) is 5.86. The average Bonchev–Trinajstić information content (AvgIpc) is 2.64. The van der Waals surface area contributed by atoms with Crippen molar-refractivity contribution in [3.05, 3.63) is 29.8 Å². The lowest BCUT2D eigenvalue weighted by molar-refractivity contribution is -0.121. The zero-order valence-electron chi connectivity index (χ0n) is 15.3. The molecule has 8 heteroatoms. The van der Waals surface area contributed by atoms with Crippen LogP contribution in [0.1, 0.15) is 49.9 Å². The lowest BCUT2D eigenvalue weighted by Gasteiger charge is -2.13. The Morgan fingerprint density at radius 2 is 1.85 bits per heavy atom. The Bertz CT molecular complexity index is 596. The summed E-state index contributed by atoms with van der Waals surface area (Å²) in [4.78, 5) is 24.0. The van der Waals surface area contributed by atoms with Gasteiger partial charge in [-0.1, -0.05) is 31.9 Å².